The number of ether oxygens (including phenoxy) is 1. The van der Waals surface area contributed by atoms with Crippen LogP contribution >= 0.6 is 11.8 Å². The largest absolute Gasteiger partial charge is 0.490 e. The van der Waals surface area contributed by atoms with Crippen molar-refractivity contribution in [2.24, 2.45) is 0 Å². The van der Waals surface area contributed by atoms with Crippen LogP contribution in [-0.4, -0.2) is 35.8 Å². The van der Waals surface area contributed by atoms with Crippen LogP contribution in [0.2, 0.25) is 0 Å². The van der Waals surface area contributed by atoms with Crippen LogP contribution in [0.25, 0.3) is 0 Å². The van der Waals surface area contributed by atoms with Gasteiger partial charge in [0.05, 0.1) is 17.4 Å². The minimum Gasteiger partial charge on any atom is -0.490 e. The number of piperidine rings is 1. The second-order valence-corrected chi connectivity index (χ2v) is 8.46. The quantitative estimate of drug-likeness (QED) is 0.716. The molecule has 2 aliphatic rings. The van der Waals surface area contributed by atoms with Crippen molar-refractivity contribution in [2.75, 3.05) is 18.8 Å². The van der Waals surface area contributed by atoms with Crippen LogP contribution < -0.4 is 4.74 Å². The fraction of sp³-hybridized carbons (Fsp3) is 0.391. The van der Waals surface area contributed by atoms with E-state index in [1.807, 2.05) is 17.0 Å². The molecule has 0 N–H and O–H groups in total. The number of likely N-dealkylation sites (tertiary alicyclic amines) is 1. The Hall–Kier alpha value is -2.45. The van der Waals surface area contributed by atoms with Gasteiger partial charge in [-0.05, 0) is 60.7 Å². The normalized spacial score (nSPS) is 16.5. The van der Waals surface area contributed by atoms with Crippen molar-refractivity contribution in [1.82, 2.24) is 4.90 Å². The first-order chi connectivity index (χ1) is 13.7. The van der Waals surface area contributed by atoms with E-state index >= 15 is 0 Å². The average Bonchev–Trinajstić information content (AvgIpc) is 3.20. The van der Waals surface area contributed by atoms with Gasteiger partial charge < -0.3 is 9.64 Å². The maximum absolute atomic E-state index is 12.6. The van der Waals surface area contributed by atoms with Crippen LogP contribution in [-0.2, 0) is 17.6 Å². The van der Waals surface area contributed by atoms with E-state index in [9.17, 15) is 4.79 Å². The number of fused-ring (bicyclic) bond motifs is 1. The molecule has 0 aromatic heterocycles. The van der Waals surface area contributed by atoms with Crippen molar-refractivity contribution in [3.63, 3.8) is 0 Å². The fourth-order valence-corrected chi connectivity index (χ4v) is 4.79. The third-order valence-electron chi connectivity index (χ3n) is 5.49. The highest BCUT2D eigenvalue weighted by Gasteiger charge is 2.24. The van der Waals surface area contributed by atoms with Crippen molar-refractivity contribution < 1.29 is 9.53 Å². The minimum absolute atomic E-state index is 0.0994. The van der Waals surface area contributed by atoms with E-state index in [1.165, 1.54) is 35.3 Å². The maximum Gasteiger partial charge on any atom is 0.232 e. The summed E-state index contributed by atoms with van der Waals surface area (Å²) in [5.41, 5.74) is 3.53. The Morgan fingerprint density at radius 1 is 1.14 bits per heavy atom. The number of carbonyl (C=O) groups is 1. The van der Waals surface area contributed by atoms with Gasteiger partial charge >= 0.3 is 0 Å². The number of amides is 1. The van der Waals surface area contributed by atoms with Crippen LogP contribution in [0.3, 0.4) is 0 Å². The number of nitriles is 1. The highest BCUT2D eigenvalue weighted by molar-refractivity contribution is 8.00. The second kappa shape index (κ2) is 8.70. The molecule has 0 bridgehead atoms. The second-order valence-electron chi connectivity index (χ2n) is 7.41. The summed E-state index contributed by atoms with van der Waals surface area (Å²) in [6, 6.07) is 16.0. The van der Waals surface area contributed by atoms with Gasteiger partial charge in [-0.1, -0.05) is 12.1 Å². The summed E-state index contributed by atoms with van der Waals surface area (Å²) in [7, 11) is 0. The smallest absolute Gasteiger partial charge is 0.232 e. The zero-order valence-electron chi connectivity index (χ0n) is 15.9. The summed E-state index contributed by atoms with van der Waals surface area (Å²) in [5, 5.41) is 8.99. The first kappa shape index (κ1) is 18.9. The molecule has 28 heavy (non-hydrogen) atoms. The number of hydrogen-bond acceptors (Lipinski definition) is 4. The minimum atomic E-state index is 0.0994. The van der Waals surface area contributed by atoms with Gasteiger partial charge in [0.25, 0.3) is 0 Å². The Kier molecular flexibility index (Phi) is 5.87. The third kappa shape index (κ3) is 4.51. The predicted octanol–water partition coefficient (Wildman–Crippen LogP) is 4.21. The lowest BCUT2D eigenvalue weighted by molar-refractivity contribution is -0.130. The van der Waals surface area contributed by atoms with Crippen molar-refractivity contribution >= 4 is 17.7 Å². The molecule has 0 radical (unpaired) electrons. The van der Waals surface area contributed by atoms with Crippen molar-refractivity contribution in [2.45, 2.75) is 43.1 Å². The Morgan fingerprint density at radius 3 is 2.79 bits per heavy atom. The highest BCUT2D eigenvalue weighted by Crippen LogP contribution is 2.28. The molecule has 4 rings (SSSR count). The Balaban J connectivity index is 1.24. The molecule has 1 fully saturated rings. The molecule has 1 aliphatic carbocycles. The van der Waals surface area contributed by atoms with E-state index < -0.39 is 0 Å². The van der Waals surface area contributed by atoms with Gasteiger partial charge in [0, 0.05) is 30.8 Å². The van der Waals surface area contributed by atoms with Crippen molar-refractivity contribution in [1.29, 1.82) is 5.26 Å². The SMILES string of the molecule is N#Cc1cccc(OC2CCN(C(=O)CSc3ccc4c(c3)CCC4)CC2)c1. The molecule has 1 amide bonds. The fourth-order valence-electron chi connectivity index (χ4n) is 3.93. The van der Waals surface area contributed by atoms with Crippen LogP contribution in [0.1, 0.15) is 36.0 Å². The molecule has 0 atom stereocenters. The van der Waals surface area contributed by atoms with E-state index in [0.29, 0.717) is 11.3 Å². The van der Waals surface area contributed by atoms with Crippen LogP contribution in [0.5, 0.6) is 5.75 Å². The number of aryl methyl sites for hydroxylation is 2. The summed E-state index contributed by atoms with van der Waals surface area (Å²) in [5.74, 6) is 1.43. The molecular formula is C23H24N2O2S. The molecule has 0 spiro atoms. The topological polar surface area (TPSA) is 53.3 Å². The summed E-state index contributed by atoms with van der Waals surface area (Å²) in [6.45, 7) is 1.46. The Bertz CT molecular complexity index is 898. The van der Waals surface area contributed by atoms with Gasteiger partial charge in [-0.25, -0.2) is 0 Å². The van der Waals surface area contributed by atoms with Crippen LogP contribution in [0.15, 0.2) is 47.4 Å². The summed E-state index contributed by atoms with van der Waals surface area (Å²) >= 11 is 1.64. The molecule has 0 unspecified atom stereocenters. The summed E-state index contributed by atoms with van der Waals surface area (Å²) in [6.07, 6.45) is 5.36. The lowest BCUT2D eigenvalue weighted by Crippen LogP contribution is -2.42. The number of benzene rings is 2. The third-order valence-corrected chi connectivity index (χ3v) is 6.47. The molecule has 1 aliphatic heterocycles. The lowest BCUT2D eigenvalue weighted by Gasteiger charge is -2.32. The number of rotatable bonds is 5. The van der Waals surface area contributed by atoms with Gasteiger partial charge in [0.2, 0.25) is 5.91 Å². The zero-order chi connectivity index (χ0) is 19.3. The number of carbonyl (C=O) groups excluding carboxylic acids is 1. The summed E-state index contributed by atoms with van der Waals surface area (Å²) < 4.78 is 6.00. The zero-order valence-corrected chi connectivity index (χ0v) is 16.7. The molecule has 2 aromatic carbocycles. The van der Waals surface area contributed by atoms with E-state index in [0.717, 1.165) is 31.7 Å². The van der Waals surface area contributed by atoms with E-state index in [-0.39, 0.29) is 12.0 Å². The van der Waals surface area contributed by atoms with Gasteiger partial charge in [0.15, 0.2) is 0 Å². The first-order valence-electron chi connectivity index (χ1n) is 9.90. The molecule has 144 valence electrons. The number of thioether (sulfide) groups is 1. The summed E-state index contributed by atoms with van der Waals surface area (Å²) in [4.78, 5) is 15.7. The van der Waals surface area contributed by atoms with Gasteiger partial charge in [-0.15, -0.1) is 11.8 Å². The predicted molar refractivity (Wildman–Crippen MR) is 111 cm³/mol. The maximum atomic E-state index is 12.6. The van der Waals surface area contributed by atoms with Gasteiger partial charge in [-0.3, -0.25) is 4.79 Å². The molecule has 1 heterocycles. The first-order valence-corrected chi connectivity index (χ1v) is 10.9. The molecule has 4 nitrogen and oxygen atoms in total. The highest BCUT2D eigenvalue weighted by atomic mass is 32.2. The molecule has 0 saturated carbocycles. The van der Waals surface area contributed by atoms with Gasteiger partial charge in [0.1, 0.15) is 11.9 Å². The Morgan fingerprint density at radius 2 is 1.96 bits per heavy atom. The van der Waals surface area contributed by atoms with Crippen molar-refractivity contribution in [3.05, 3.63) is 59.2 Å². The lowest BCUT2D eigenvalue weighted by atomic mass is 10.1. The number of hydrogen-bond donors (Lipinski definition) is 0. The Labute approximate surface area is 170 Å². The molecule has 2 aromatic rings. The van der Waals surface area contributed by atoms with Gasteiger partial charge in [-0.2, -0.15) is 5.26 Å². The van der Waals surface area contributed by atoms with Crippen molar-refractivity contribution in [3.8, 4) is 11.8 Å². The van der Waals surface area contributed by atoms with E-state index in [4.69, 9.17) is 10.00 Å². The monoisotopic (exact) mass is 392 g/mol. The standard InChI is InChI=1S/C23H24N2O2S/c24-15-17-3-1-6-21(13-17)27-20-9-11-25(12-10-20)23(26)16-28-22-8-7-18-4-2-5-19(18)14-22/h1,3,6-8,13-14,20H,2,4-5,9-12,16H2. The van der Waals surface area contributed by atoms with Crippen LogP contribution in [0, 0.1) is 11.3 Å². The van der Waals surface area contributed by atoms with E-state index in [2.05, 4.69) is 24.3 Å². The average molecular weight is 393 g/mol. The molecule has 1 saturated heterocycles. The van der Waals surface area contributed by atoms with E-state index in [1.54, 1.807) is 23.9 Å². The van der Waals surface area contributed by atoms with Crippen LogP contribution in [0.4, 0.5) is 0 Å². The number of nitrogens with zero attached hydrogens (tertiary/aromatic N) is 2. The molecular weight excluding hydrogens is 368 g/mol. The molecule has 5 heteroatoms.